The molecule has 0 aromatic heterocycles. The lowest BCUT2D eigenvalue weighted by Gasteiger charge is -1.99. The van der Waals surface area contributed by atoms with Gasteiger partial charge in [-0.3, -0.25) is 4.79 Å². The highest BCUT2D eigenvalue weighted by Gasteiger charge is 1.94. The van der Waals surface area contributed by atoms with Crippen molar-refractivity contribution in [2.24, 2.45) is 0 Å². The summed E-state index contributed by atoms with van der Waals surface area (Å²) in [5.74, 6) is 0.0785. The zero-order valence-corrected chi connectivity index (χ0v) is 9.50. The van der Waals surface area contributed by atoms with Gasteiger partial charge in [0.15, 0.2) is 0 Å². The van der Waals surface area contributed by atoms with Crippen LogP contribution in [0.2, 0.25) is 0 Å². The number of benzene rings is 1. The van der Waals surface area contributed by atoms with Crippen LogP contribution in [-0.4, -0.2) is 45.7 Å². The van der Waals surface area contributed by atoms with Crippen LogP contribution < -0.4 is 5.32 Å². The molecule has 6 heteroatoms. The maximum atomic E-state index is 10.5. The van der Waals surface area contributed by atoms with Crippen molar-refractivity contribution in [1.82, 2.24) is 0 Å². The summed E-state index contributed by atoms with van der Waals surface area (Å²) in [6.07, 6.45) is -0.954. The summed E-state index contributed by atoms with van der Waals surface area (Å²) in [6.45, 7) is 0.708. The lowest BCUT2D eigenvalue weighted by Crippen LogP contribution is -2.15. The molecule has 0 bridgehead atoms. The van der Waals surface area contributed by atoms with Gasteiger partial charge in [0.25, 0.3) is 0 Å². The third-order valence-corrected chi connectivity index (χ3v) is 1.61. The van der Waals surface area contributed by atoms with Gasteiger partial charge in [-0.25, -0.2) is 0 Å². The number of anilines is 1. The number of carbonyl (C=O) groups is 1. The molecule has 0 radical (unpaired) electrons. The van der Waals surface area contributed by atoms with Gasteiger partial charge >= 0.3 is 0 Å². The van der Waals surface area contributed by atoms with Gasteiger partial charge in [0.2, 0.25) is 5.91 Å². The molecule has 0 spiro atoms. The van der Waals surface area contributed by atoms with Gasteiger partial charge in [-0.05, 0) is 24.3 Å². The zero-order valence-electron chi connectivity index (χ0n) is 9.50. The monoisotopic (exact) mass is 243 g/mol. The highest BCUT2D eigenvalue weighted by atomic mass is 16.3. The topological polar surface area (TPSA) is 110 Å². The van der Waals surface area contributed by atoms with Crippen LogP contribution in [0.5, 0.6) is 5.75 Å². The van der Waals surface area contributed by atoms with Crippen LogP contribution in [0, 0.1) is 0 Å². The number of rotatable bonds is 3. The molecule has 5 N–H and O–H groups in total. The highest BCUT2D eigenvalue weighted by molar-refractivity contribution is 5.88. The van der Waals surface area contributed by atoms with Crippen LogP contribution in [0.1, 0.15) is 6.92 Å². The first-order valence-electron chi connectivity index (χ1n) is 4.96. The fraction of sp³-hybridized carbons (Fsp3) is 0.364. The first kappa shape index (κ1) is 15.4. The highest BCUT2D eigenvalue weighted by Crippen LogP contribution is 2.13. The van der Waals surface area contributed by atoms with Crippen molar-refractivity contribution >= 4 is 11.6 Å². The van der Waals surface area contributed by atoms with Crippen LogP contribution in [0.25, 0.3) is 0 Å². The zero-order chi connectivity index (χ0) is 13.3. The quantitative estimate of drug-likeness (QED) is 0.467. The Labute approximate surface area is 99.2 Å². The Morgan fingerprint density at radius 2 is 1.71 bits per heavy atom. The molecule has 0 heterocycles. The average Bonchev–Trinajstić information content (AvgIpc) is 2.31. The van der Waals surface area contributed by atoms with Crippen LogP contribution in [0.15, 0.2) is 24.3 Å². The van der Waals surface area contributed by atoms with Crippen molar-refractivity contribution in [2.45, 2.75) is 13.0 Å². The van der Waals surface area contributed by atoms with Gasteiger partial charge in [-0.1, -0.05) is 0 Å². The first-order valence-corrected chi connectivity index (χ1v) is 4.96. The Balaban J connectivity index is 0.000000366. The fourth-order valence-corrected chi connectivity index (χ4v) is 0.806. The second-order valence-corrected chi connectivity index (χ2v) is 3.25. The first-order chi connectivity index (χ1) is 7.99. The van der Waals surface area contributed by atoms with Gasteiger partial charge in [0, 0.05) is 12.6 Å². The minimum Gasteiger partial charge on any atom is -0.508 e. The van der Waals surface area contributed by atoms with Crippen LogP contribution in [0.4, 0.5) is 5.69 Å². The van der Waals surface area contributed by atoms with Crippen molar-refractivity contribution < 1.29 is 25.2 Å². The number of amides is 1. The number of hydrogen-bond acceptors (Lipinski definition) is 5. The summed E-state index contributed by atoms with van der Waals surface area (Å²) in [6, 6.07) is 6.31. The maximum Gasteiger partial charge on any atom is 0.221 e. The molecule has 6 nitrogen and oxygen atoms in total. The summed E-state index contributed by atoms with van der Waals surface area (Å²) in [5, 5.41) is 35.5. The van der Waals surface area contributed by atoms with Crippen molar-refractivity contribution in [3.05, 3.63) is 24.3 Å². The molecular weight excluding hydrogens is 226 g/mol. The molecule has 1 amide bonds. The predicted molar refractivity (Wildman–Crippen MR) is 62.6 cm³/mol. The Kier molecular flexibility index (Phi) is 7.70. The lowest BCUT2D eigenvalue weighted by atomic mass is 10.3. The molecule has 96 valence electrons. The van der Waals surface area contributed by atoms with E-state index in [1.165, 1.54) is 19.1 Å². The molecule has 0 atom stereocenters. The number of aliphatic hydroxyl groups is 3. The van der Waals surface area contributed by atoms with Crippen LogP contribution in [0.3, 0.4) is 0 Å². The number of aliphatic hydroxyl groups excluding tert-OH is 3. The minimum atomic E-state index is -0.954. The SMILES string of the molecule is CC(=O)Nc1ccc(O)cc1.OCC(O)CO. The molecule has 0 aliphatic rings. The molecule has 0 unspecified atom stereocenters. The van der Waals surface area contributed by atoms with Gasteiger partial charge in [0.1, 0.15) is 11.9 Å². The number of carbonyl (C=O) groups excluding carboxylic acids is 1. The minimum absolute atomic E-state index is 0.115. The Hall–Kier alpha value is -1.63. The maximum absolute atomic E-state index is 10.5. The molecule has 1 rings (SSSR count). The summed E-state index contributed by atoms with van der Waals surface area (Å²) >= 11 is 0. The number of nitrogens with one attached hydrogen (secondary N) is 1. The largest absolute Gasteiger partial charge is 0.508 e. The molecular formula is C11H17NO5. The normalized spacial score (nSPS) is 9.47. The Morgan fingerprint density at radius 3 is 2.00 bits per heavy atom. The van der Waals surface area contributed by atoms with E-state index in [0.717, 1.165) is 0 Å². The van der Waals surface area contributed by atoms with E-state index in [-0.39, 0.29) is 24.9 Å². The van der Waals surface area contributed by atoms with E-state index in [1.807, 2.05) is 0 Å². The Bertz CT molecular complexity index is 321. The second-order valence-electron chi connectivity index (χ2n) is 3.25. The smallest absolute Gasteiger partial charge is 0.221 e. The van der Waals surface area contributed by atoms with E-state index < -0.39 is 6.10 Å². The molecule has 1 aromatic carbocycles. The average molecular weight is 243 g/mol. The molecule has 1 aromatic rings. The standard InChI is InChI=1S/C8H9NO2.C3H8O3/c1-6(10)9-7-2-4-8(11)5-3-7;4-1-3(6)2-5/h2-5,11H,1H3,(H,9,10);3-6H,1-2H2. The van der Waals surface area contributed by atoms with Crippen molar-refractivity contribution in [3.8, 4) is 5.75 Å². The molecule has 0 saturated carbocycles. The summed E-state index contributed by atoms with van der Waals surface area (Å²) in [7, 11) is 0. The number of phenolic OH excluding ortho intramolecular Hbond substituents is 1. The number of hydrogen-bond donors (Lipinski definition) is 5. The van der Waals surface area contributed by atoms with Gasteiger partial charge in [-0.2, -0.15) is 0 Å². The van der Waals surface area contributed by atoms with Crippen LogP contribution in [-0.2, 0) is 4.79 Å². The van der Waals surface area contributed by atoms with Gasteiger partial charge in [0.05, 0.1) is 13.2 Å². The third-order valence-electron chi connectivity index (χ3n) is 1.61. The van der Waals surface area contributed by atoms with Crippen molar-refractivity contribution in [1.29, 1.82) is 0 Å². The lowest BCUT2D eigenvalue weighted by molar-refractivity contribution is -0.114. The van der Waals surface area contributed by atoms with Gasteiger partial charge < -0.3 is 25.7 Å². The predicted octanol–water partition coefficient (Wildman–Crippen LogP) is -0.318. The van der Waals surface area contributed by atoms with Crippen LogP contribution >= 0.6 is 0 Å². The van der Waals surface area contributed by atoms with E-state index in [4.69, 9.17) is 20.4 Å². The third kappa shape index (κ3) is 8.21. The summed E-state index contributed by atoms with van der Waals surface area (Å²) in [5.41, 5.74) is 0.690. The fourth-order valence-electron chi connectivity index (χ4n) is 0.806. The molecule has 17 heavy (non-hydrogen) atoms. The van der Waals surface area contributed by atoms with E-state index in [9.17, 15) is 4.79 Å². The molecule has 0 aliphatic carbocycles. The van der Waals surface area contributed by atoms with E-state index in [1.54, 1.807) is 12.1 Å². The molecule has 0 aliphatic heterocycles. The summed E-state index contributed by atoms with van der Waals surface area (Å²) in [4.78, 5) is 10.5. The van der Waals surface area contributed by atoms with E-state index >= 15 is 0 Å². The summed E-state index contributed by atoms with van der Waals surface area (Å²) < 4.78 is 0. The number of aromatic hydroxyl groups is 1. The van der Waals surface area contributed by atoms with Crippen molar-refractivity contribution in [2.75, 3.05) is 18.5 Å². The molecule has 0 saturated heterocycles. The Morgan fingerprint density at radius 1 is 1.24 bits per heavy atom. The van der Waals surface area contributed by atoms with E-state index in [0.29, 0.717) is 5.69 Å². The second kappa shape index (κ2) is 8.51. The van der Waals surface area contributed by atoms with Crippen molar-refractivity contribution in [3.63, 3.8) is 0 Å². The van der Waals surface area contributed by atoms with E-state index in [2.05, 4.69) is 5.32 Å². The molecule has 0 fully saturated rings. The number of phenols is 1. The van der Waals surface area contributed by atoms with Gasteiger partial charge in [-0.15, -0.1) is 0 Å².